The van der Waals surface area contributed by atoms with Crippen LogP contribution in [-0.2, 0) is 13.0 Å². The van der Waals surface area contributed by atoms with Gasteiger partial charge < -0.3 is 24.4 Å². The first-order valence-electron chi connectivity index (χ1n) is 8.47. The molecule has 0 fully saturated rings. The van der Waals surface area contributed by atoms with E-state index in [-0.39, 0.29) is 18.3 Å². The molecule has 0 saturated carbocycles. The van der Waals surface area contributed by atoms with Crippen LogP contribution in [0.2, 0.25) is 0 Å². The molecular formula is C20H25ClN2O4. The van der Waals surface area contributed by atoms with Crippen LogP contribution in [0, 0.1) is 0 Å². The molecule has 2 aromatic carbocycles. The first kappa shape index (κ1) is 20.9. The van der Waals surface area contributed by atoms with Gasteiger partial charge in [0, 0.05) is 24.3 Å². The Bertz CT molecular complexity index is 801. The van der Waals surface area contributed by atoms with Crippen molar-refractivity contribution >= 4 is 24.0 Å². The molecule has 6 nitrogen and oxygen atoms in total. The lowest BCUT2D eigenvalue weighted by Gasteiger charge is -2.25. The molecule has 0 unspecified atom stereocenters. The number of benzene rings is 2. The Kier molecular flexibility index (Phi) is 6.93. The van der Waals surface area contributed by atoms with Crippen molar-refractivity contribution in [3.05, 3.63) is 47.0 Å². The summed E-state index contributed by atoms with van der Waals surface area (Å²) in [5.41, 5.74) is 3.82. The topological polar surface area (TPSA) is 60.0 Å². The van der Waals surface area contributed by atoms with Crippen LogP contribution in [0.1, 0.15) is 21.5 Å². The number of methoxy groups -OCH3 is 3. The molecule has 146 valence electrons. The Hall–Kier alpha value is -2.44. The number of ether oxygens (including phenoxy) is 3. The highest BCUT2D eigenvalue weighted by atomic mass is 35.5. The Balaban J connectivity index is 0.00000261. The number of rotatable bonds is 5. The molecule has 1 amide bonds. The fourth-order valence-electron chi connectivity index (χ4n) is 3.19. The van der Waals surface area contributed by atoms with Crippen LogP contribution in [0.25, 0.3) is 0 Å². The van der Waals surface area contributed by atoms with Crippen LogP contribution < -0.4 is 19.5 Å². The summed E-state index contributed by atoms with van der Waals surface area (Å²) in [6.07, 6.45) is 0.986. The van der Waals surface area contributed by atoms with Crippen LogP contribution >= 0.6 is 12.4 Å². The Morgan fingerprint density at radius 1 is 1.00 bits per heavy atom. The zero-order valence-electron chi connectivity index (χ0n) is 16.0. The highest BCUT2D eigenvalue weighted by Gasteiger charge is 2.18. The molecule has 3 rings (SSSR count). The standard InChI is InChI=1S/C20H24N2O4.ClH/c1-22-8-7-13-9-16(6-5-14(13)12-22)21-20(23)15-10-17(24-2)19(26-4)18(11-15)25-3;/h5-6,9-11H,7-8,12H2,1-4H3,(H,21,23);1H. The third-order valence-electron chi connectivity index (χ3n) is 4.59. The summed E-state index contributed by atoms with van der Waals surface area (Å²) < 4.78 is 15.9. The van der Waals surface area contributed by atoms with E-state index in [2.05, 4.69) is 29.4 Å². The predicted octanol–water partition coefficient (Wildman–Crippen LogP) is 3.37. The normalized spacial score (nSPS) is 13.2. The molecule has 1 aliphatic heterocycles. The summed E-state index contributed by atoms with van der Waals surface area (Å²) in [6, 6.07) is 9.36. The fraction of sp³-hybridized carbons (Fsp3) is 0.350. The van der Waals surface area contributed by atoms with E-state index in [9.17, 15) is 4.79 Å². The van der Waals surface area contributed by atoms with Gasteiger partial charge in [-0.3, -0.25) is 4.79 Å². The molecule has 0 spiro atoms. The SMILES string of the molecule is COc1cc(C(=O)Nc2ccc3c(c2)CCN(C)C3)cc(OC)c1OC.Cl. The van der Waals surface area contributed by atoms with Gasteiger partial charge in [-0.1, -0.05) is 6.07 Å². The fourth-order valence-corrected chi connectivity index (χ4v) is 3.19. The number of nitrogens with one attached hydrogen (secondary N) is 1. The van der Waals surface area contributed by atoms with E-state index in [0.29, 0.717) is 22.8 Å². The van der Waals surface area contributed by atoms with E-state index in [4.69, 9.17) is 14.2 Å². The van der Waals surface area contributed by atoms with Crippen molar-refractivity contribution in [2.75, 3.05) is 40.2 Å². The number of fused-ring (bicyclic) bond motifs is 1. The van der Waals surface area contributed by atoms with E-state index < -0.39 is 0 Å². The minimum atomic E-state index is -0.225. The summed E-state index contributed by atoms with van der Waals surface area (Å²) in [7, 11) is 6.70. The van der Waals surface area contributed by atoms with Gasteiger partial charge in [-0.25, -0.2) is 0 Å². The lowest BCUT2D eigenvalue weighted by molar-refractivity contribution is 0.102. The number of carbonyl (C=O) groups excluding carboxylic acids is 1. The van der Waals surface area contributed by atoms with Crippen LogP contribution in [0.5, 0.6) is 17.2 Å². The predicted molar refractivity (Wildman–Crippen MR) is 108 cm³/mol. The quantitative estimate of drug-likeness (QED) is 0.845. The minimum absolute atomic E-state index is 0. The average Bonchev–Trinajstić information content (AvgIpc) is 2.66. The Labute approximate surface area is 165 Å². The molecule has 0 radical (unpaired) electrons. The number of halogens is 1. The molecule has 0 atom stereocenters. The number of carbonyl (C=O) groups is 1. The lowest BCUT2D eigenvalue weighted by Crippen LogP contribution is -2.26. The summed E-state index contributed by atoms with van der Waals surface area (Å²) >= 11 is 0. The van der Waals surface area contributed by atoms with E-state index >= 15 is 0 Å². The lowest BCUT2D eigenvalue weighted by atomic mass is 9.99. The average molecular weight is 393 g/mol. The number of nitrogens with zero attached hydrogens (tertiary/aromatic N) is 1. The van der Waals surface area contributed by atoms with Gasteiger partial charge in [0.15, 0.2) is 11.5 Å². The smallest absolute Gasteiger partial charge is 0.255 e. The molecule has 27 heavy (non-hydrogen) atoms. The van der Waals surface area contributed by atoms with Gasteiger partial charge >= 0.3 is 0 Å². The largest absolute Gasteiger partial charge is 0.493 e. The highest BCUT2D eigenvalue weighted by Crippen LogP contribution is 2.38. The van der Waals surface area contributed by atoms with Gasteiger partial charge in [-0.2, -0.15) is 0 Å². The van der Waals surface area contributed by atoms with E-state index in [1.807, 2.05) is 6.07 Å². The maximum absolute atomic E-state index is 12.7. The van der Waals surface area contributed by atoms with Gasteiger partial charge in [0.25, 0.3) is 5.91 Å². The van der Waals surface area contributed by atoms with Gasteiger partial charge in [-0.05, 0) is 48.9 Å². The van der Waals surface area contributed by atoms with Crippen molar-refractivity contribution < 1.29 is 19.0 Å². The van der Waals surface area contributed by atoms with Crippen molar-refractivity contribution in [1.82, 2.24) is 4.90 Å². The zero-order valence-corrected chi connectivity index (χ0v) is 16.8. The maximum atomic E-state index is 12.7. The molecule has 1 heterocycles. The summed E-state index contributed by atoms with van der Waals surface area (Å²) in [5, 5.41) is 2.96. The van der Waals surface area contributed by atoms with Gasteiger partial charge in [0.05, 0.1) is 21.3 Å². The van der Waals surface area contributed by atoms with Crippen molar-refractivity contribution in [3.8, 4) is 17.2 Å². The molecule has 0 saturated heterocycles. The summed E-state index contributed by atoms with van der Waals surface area (Å²) in [4.78, 5) is 15.0. The van der Waals surface area contributed by atoms with E-state index in [1.54, 1.807) is 12.1 Å². The highest BCUT2D eigenvalue weighted by molar-refractivity contribution is 6.05. The van der Waals surface area contributed by atoms with Crippen LogP contribution in [0.3, 0.4) is 0 Å². The van der Waals surface area contributed by atoms with Crippen LogP contribution in [0.15, 0.2) is 30.3 Å². The van der Waals surface area contributed by atoms with Crippen molar-refractivity contribution in [1.29, 1.82) is 0 Å². The Morgan fingerprint density at radius 3 is 2.26 bits per heavy atom. The van der Waals surface area contributed by atoms with Gasteiger partial charge in [-0.15, -0.1) is 12.4 Å². The third kappa shape index (κ3) is 4.46. The molecular weight excluding hydrogens is 368 g/mol. The second kappa shape index (κ2) is 8.97. The number of hydrogen-bond donors (Lipinski definition) is 1. The van der Waals surface area contributed by atoms with Gasteiger partial charge in [0.1, 0.15) is 0 Å². The molecule has 0 bridgehead atoms. The molecule has 1 N–H and O–H groups in total. The number of hydrogen-bond acceptors (Lipinski definition) is 5. The monoisotopic (exact) mass is 392 g/mol. The molecule has 2 aromatic rings. The zero-order chi connectivity index (χ0) is 18.7. The summed E-state index contributed by atoms with van der Waals surface area (Å²) in [5.74, 6) is 1.14. The van der Waals surface area contributed by atoms with E-state index in [0.717, 1.165) is 25.2 Å². The van der Waals surface area contributed by atoms with Crippen molar-refractivity contribution in [2.24, 2.45) is 0 Å². The van der Waals surface area contributed by atoms with Crippen LogP contribution in [-0.4, -0.2) is 45.7 Å². The number of anilines is 1. The van der Waals surface area contributed by atoms with Crippen LogP contribution in [0.4, 0.5) is 5.69 Å². The number of likely N-dealkylation sites (N-methyl/N-ethyl adjacent to an activating group) is 1. The second-order valence-electron chi connectivity index (χ2n) is 6.34. The van der Waals surface area contributed by atoms with Gasteiger partial charge in [0.2, 0.25) is 5.75 Å². The van der Waals surface area contributed by atoms with E-state index in [1.165, 1.54) is 32.5 Å². The minimum Gasteiger partial charge on any atom is -0.493 e. The van der Waals surface area contributed by atoms with Crippen molar-refractivity contribution in [2.45, 2.75) is 13.0 Å². The third-order valence-corrected chi connectivity index (χ3v) is 4.59. The maximum Gasteiger partial charge on any atom is 0.255 e. The van der Waals surface area contributed by atoms with Crippen molar-refractivity contribution in [3.63, 3.8) is 0 Å². The molecule has 7 heteroatoms. The number of amides is 1. The first-order valence-corrected chi connectivity index (χ1v) is 8.47. The summed E-state index contributed by atoms with van der Waals surface area (Å²) in [6.45, 7) is 1.97. The molecule has 0 aromatic heterocycles. The molecule has 0 aliphatic carbocycles. The second-order valence-corrected chi connectivity index (χ2v) is 6.34. The molecule has 1 aliphatic rings. The first-order chi connectivity index (χ1) is 12.5. The Morgan fingerprint density at radius 2 is 1.67 bits per heavy atom.